The maximum atomic E-state index is 13.8. The van der Waals surface area contributed by atoms with E-state index in [9.17, 15) is 24.6 Å². The fourth-order valence-electron chi connectivity index (χ4n) is 4.67. The number of hydrogen-bond acceptors (Lipinski definition) is 11. The zero-order chi connectivity index (χ0) is 26.6. The van der Waals surface area contributed by atoms with Crippen molar-refractivity contribution in [1.29, 1.82) is 0 Å². The van der Waals surface area contributed by atoms with E-state index in [2.05, 4.69) is 15.5 Å². The lowest BCUT2D eigenvalue weighted by atomic mass is 9.70. The standard InChI is InChI=1S/C26H23N3O7S/c1-11-21(32)19(13(3)30)23-20(22(11)33)26(4)16(35-23)10-14(31)18(24(26)34)12(2)27-8-7-17-28-25(29-36-17)15-6-5-9-37-15/h5-6,9-10,27,32-33H,7-8H2,1-4H3. The van der Waals surface area contributed by atoms with E-state index in [1.807, 2.05) is 17.5 Å². The van der Waals surface area contributed by atoms with Crippen LogP contribution in [0.4, 0.5) is 0 Å². The van der Waals surface area contributed by atoms with Crippen LogP contribution in [0.1, 0.15) is 48.1 Å². The van der Waals surface area contributed by atoms with Gasteiger partial charge in [-0.2, -0.15) is 4.98 Å². The summed E-state index contributed by atoms with van der Waals surface area (Å²) in [7, 11) is 0. The fourth-order valence-corrected chi connectivity index (χ4v) is 5.32. The molecule has 0 spiro atoms. The number of benzene rings is 1. The Morgan fingerprint density at radius 3 is 2.65 bits per heavy atom. The molecule has 0 saturated heterocycles. The van der Waals surface area contributed by atoms with Crippen LogP contribution in [0.2, 0.25) is 0 Å². The summed E-state index contributed by atoms with van der Waals surface area (Å²) in [5.41, 5.74) is -1.38. The summed E-state index contributed by atoms with van der Waals surface area (Å²) in [6, 6.07) is 3.78. The van der Waals surface area contributed by atoms with Crippen molar-refractivity contribution in [2.45, 2.75) is 39.5 Å². The van der Waals surface area contributed by atoms with Gasteiger partial charge >= 0.3 is 0 Å². The first-order chi connectivity index (χ1) is 17.6. The number of thiophene rings is 1. The highest BCUT2D eigenvalue weighted by Crippen LogP contribution is 2.57. The van der Waals surface area contributed by atoms with Crippen LogP contribution in [0.5, 0.6) is 17.2 Å². The van der Waals surface area contributed by atoms with Gasteiger partial charge in [-0.25, -0.2) is 0 Å². The lowest BCUT2D eigenvalue weighted by Crippen LogP contribution is -2.41. The highest BCUT2D eigenvalue weighted by molar-refractivity contribution is 7.13. The van der Waals surface area contributed by atoms with E-state index in [4.69, 9.17) is 9.26 Å². The first-order valence-electron chi connectivity index (χ1n) is 11.5. The third-order valence-electron chi connectivity index (χ3n) is 6.70. The SMILES string of the molecule is CC(=O)c1c(O)c(C)c(O)c2c1OC1=CC(=O)C(=C(C)NCCc3nc(-c4cccs4)no3)C(=O)C12C. The molecule has 37 heavy (non-hydrogen) atoms. The van der Waals surface area contributed by atoms with Gasteiger partial charge < -0.3 is 24.8 Å². The molecule has 0 fully saturated rings. The lowest BCUT2D eigenvalue weighted by Gasteiger charge is -2.29. The van der Waals surface area contributed by atoms with Crippen molar-refractivity contribution in [1.82, 2.24) is 15.5 Å². The molecular weight excluding hydrogens is 498 g/mol. The number of nitrogens with one attached hydrogen (secondary N) is 1. The Balaban J connectivity index is 1.45. The molecule has 10 nitrogen and oxygen atoms in total. The molecule has 0 amide bonds. The van der Waals surface area contributed by atoms with Gasteiger partial charge in [0, 0.05) is 30.3 Å². The van der Waals surface area contributed by atoms with Crippen LogP contribution in [-0.2, 0) is 21.4 Å². The molecule has 11 heteroatoms. The molecule has 190 valence electrons. The number of aromatic hydroxyl groups is 2. The van der Waals surface area contributed by atoms with Crippen LogP contribution in [0.3, 0.4) is 0 Å². The second-order valence-electron chi connectivity index (χ2n) is 9.05. The molecule has 1 aliphatic heterocycles. The molecule has 0 saturated carbocycles. The molecule has 0 bridgehead atoms. The monoisotopic (exact) mass is 521 g/mol. The predicted octanol–water partition coefficient (Wildman–Crippen LogP) is 3.51. The minimum atomic E-state index is -1.56. The number of phenolic OH excluding ortho intramolecular Hbond substituents is 2. The lowest BCUT2D eigenvalue weighted by molar-refractivity contribution is -0.123. The summed E-state index contributed by atoms with van der Waals surface area (Å²) in [4.78, 5) is 44.3. The first-order valence-corrected chi connectivity index (χ1v) is 12.3. The largest absolute Gasteiger partial charge is 0.507 e. The Bertz CT molecular complexity index is 1550. The van der Waals surface area contributed by atoms with E-state index in [0.717, 1.165) is 4.88 Å². The number of aromatic nitrogens is 2. The van der Waals surface area contributed by atoms with E-state index < -0.39 is 28.5 Å². The van der Waals surface area contributed by atoms with Crippen LogP contribution in [0, 0.1) is 6.92 Å². The summed E-state index contributed by atoms with van der Waals surface area (Å²) < 4.78 is 11.1. The fraction of sp³-hybridized carbons (Fsp3) is 0.269. The third kappa shape index (κ3) is 3.65. The molecule has 2 aromatic heterocycles. The quantitative estimate of drug-likeness (QED) is 0.250. The molecule has 3 aromatic rings. The number of phenols is 2. The number of fused-ring (bicyclic) bond motifs is 3. The molecule has 0 radical (unpaired) electrons. The van der Waals surface area contributed by atoms with Crippen LogP contribution in [0.25, 0.3) is 10.7 Å². The highest BCUT2D eigenvalue weighted by atomic mass is 32.1. The van der Waals surface area contributed by atoms with Gasteiger partial charge in [0.1, 0.15) is 34.0 Å². The van der Waals surface area contributed by atoms with Crippen molar-refractivity contribution >= 4 is 28.7 Å². The van der Waals surface area contributed by atoms with Gasteiger partial charge in [-0.05, 0) is 39.1 Å². The van der Waals surface area contributed by atoms with Crippen molar-refractivity contribution in [3.05, 3.63) is 63.2 Å². The normalized spacial score (nSPS) is 19.7. The molecule has 1 aliphatic carbocycles. The second kappa shape index (κ2) is 8.70. The van der Waals surface area contributed by atoms with Crippen molar-refractivity contribution in [3.63, 3.8) is 0 Å². The Morgan fingerprint density at radius 2 is 1.97 bits per heavy atom. The summed E-state index contributed by atoms with van der Waals surface area (Å²) >= 11 is 1.50. The number of ether oxygens (including phenoxy) is 1. The van der Waals surface area contributed by atoms with Crippen LogP contribution in [0.15, 0.2) is 45.1 Å². The van der Waals surface area contributed by atoms with Gasteiger partial charge in [0.15, 0.2) is 17.3 Å². The van der Waals surface area contributed by atoms with Gasteiger partial charge in [-0.15, -0.1) is 11.3 Å². The van der Waals surface area contributed by atoms with Crippen molar-refractivity contribution < 1.29 is 33.9 Å². The van der Waals surface area contributed by atoms with Crippen LogP contribution >= 0.6 is 11.3 Å². The van der Waals surface area contributed by atoms with Gasteiger partial charge in [0.2, 0.25) is 11.7 Å². The first kappa shape index (κ1) is 24.4. The molecule has 5 rings (SSSR count). The third-order valence-corrected chi connectivity index (χ3v) is 7.56. The predicted molar refractivity (Wildman–Crippen MR) is 133 cm³/mol. The zero-order valence-electron chi connectivity index (χ0n) is 20.5. The molecule has 1 atom stereocenters. The summed E-state index contributed by atoms with van der Waals surface area (Å²) in [6.45, 7) is 6.13. The summed E-state index contributed by atoms with van der Waals surface area (Å²) in [6.07, 6.45) is 1.54. The van der Waals surface area contributed by atoms with Gasteiger partial charge in [-0.1, -0.05) is 11.2 Å². The number of carbonyl (C=O) groups is 3. The number of rotatable bonds is 6. The molecule has 1 unspecified atom stereocenters. The van der Waals surface area contributed by atoms with Gasteiger partial charge in [-0.3, -0.25) is 14.4 Å². The number of ketones is 3. The van der Waals surface area contributed by atoms with E-state index in [1.165, 1.54) is 38.2 Å². The smallest absolute Gasteiger partial charge is 0.228 e. The Kier molecular flexibility index (Phi) is 5.75. The minimum absolute atomic E-state index is 0.0104. The van der Waals surface area contributed by atoms with E-state index in [-0.39, 0.29) is 39.5 Å². The van der Waals surface area contributed by atoms with E-state index in [1.54, 1.807) is 6.92 Å². The minimum Gasteiger partial charge on any atom is -0.507 e. The van der Waals surface area contributed by atoms with E-state index >= 15 is 0 Å². The Hall–Kier alpha value is -4.25. The average molecular weight is 522 g/mol. The average Bonchev–Trinajstić information content (AvgIpc) is 3.58. The summed E-state index contributed by atoms with van der Waals surface area (Å²) in [5.74, 6) is -1.69. The molecule has 3 N–H and O–H groups in total. The number of nitrogens with zero attached hydrogens (tertiary/aromatic N) is 2. The maximum absolute atomic E-state index is 13.8. The number of allylic oxidation sites excluding steroid dienone is 4. The molecule has 1 aromatic carbocycles. The second-order valence-corrected chi connectivity index (χ2v) is 10.0. The zero-order valence-corrected chi connectivity index (χ0v) is 21.3. The number of carbonyl (C=O) groups excluding carboxylic acids is 3. The topological polar surface area (TPSA) is 152 Å². The molecule has 2 aliphatic rings. The summed E-state index contributed by atoms with van der Waals surface area (Å²) in [5, 5.41) is 30.3. The molecular formula is C26H23N3O7S. The van der Waals surface area contributed by atoms with Crippen molar-refractivity contribution in [3.8, 4) is 28.0 Å². The van der Waals surface area contributed by atoms with Crippen molar-refractivity contribution in [2.24, 2.45) is 0 Å². The molecule has 3 heterocycles. The van der Waals surface area contributed by atoms with E-state index in [0.29, 0.717) is 30.4 Å². The van der Waals surface area contributed by atoms with Crippen LogP contribution < -0.4 is 10.1 Å². The number of Topliss-reactive ketones (excluding diaryl/α,β-unsaturated/α-hetero) is 2. The van der Waals surface area contributed by atoms with Gasteiger partial charge in [0.05, 0.1) is 16.0 Å². The highest BCUT2D eigenvalue weighted by Gasteiger charge is 2.56. The number of hydrogen-bond donors (Lipinski definition) is 3. The Morgan fingerprint density at radius 1 is 1.22 bits per heavy atom. The maximum Gasteiger partial charge on any atom is 0.228 e. The Labute approximate surface area is 215 Å². The van der Waals surface area contributed by atoms with Crippen molar-refractivity contribution in [2.75, 3.05) is 6.54 Å². The van der Waals surface area contributed by atoms with Crippen LogP contribution in [-0.4, -0.2) is 44.2 Å². The van der Waals surface area contributed by atoms with Gasteiger partial charge in [0.25, 0.3) is 0 Å².